The quantitative estimate of drug-likeness (QED) is 0.852. The highest BCUT2D eigenvalue weighted by atomic mass is 35.5. The predicted molar refractivity (Wildman–Crippen MR) is 70.7 cm³/mol. The van der Waals surface area contributed by atoms with E-state index in [9.17, 15) is 4.79 Å². The van der Waals surface area contributed by atoms with Gasteiger partial charge in [0.25, 0.3) is 0 Å². The van der Waals surface area contributed by atoms with Crippen molar-refractivity contribution in [1.82, 2.24) is 0 Å². The lowest BCUT2D eigenvalue weighted by atomic mass is 9.79. The summed E-state index contributed by atoms with van der Waals surface area (Å²) in [6.07, 6.45) is 3.90. The first-order valence-corrected chi connectivity index (χ1v) is 6.54. The van der Waals surface area contributed by atoms with Gasteiger partial charge in [0.1, 0.15) is 0 Å². The molecular weight excluding hydrogens is 257 g/mol. The lowest BCUT2D eigenvalue weighted by Crippen LogP contribution is -2.36. The van der Waals surface area contributed by atoms with Crippen LogP contribution >= 0.6 is 23.2 Å². The molecule has 0 radical (unpaired) electrons. The number of hydrogen-bond acceptors (Lipinski definition) is 2. The number of nitrogens with two attached hydrogens (primary N) is 1. The Morgan fingerprint density at radius 2 is 1.88 bits per heavy atom. The summed E-state index contributed by atoms with van der Waals surface area (Å²) in [4.78, 5) is 12.5. The number of benzene rings is 1. The van der Waals surface area contributed by atoms with Gasteiger partial charge in [-0.1, -0.05) is 36.0 Å². The molecule has 2 nitrogen and oxygen atoms in total. The summed E-state index contributed by atoms with van der Waals surface area (Å²) in [6, 6.07) is 5.03. The van der Waals surface area contributed by atoms with Gasteiger partial charge in [-0.2, -0.15) is 0 Å². The van der Waals surface area contributed by atoms with E-state index in [1.807, 2.05) is 0 Å². The summed E-state index contributed by atoms with van der Waals surface area (Å²) >= 11 is 11.8. The average Bonchev–Trinajstić information content (AvgIpc) is 2.81. The zero-order valence-electron chi connectivity index (χ0n) is 9.51. The fourth-order valence-electron chi connectivity index (χ4n) is 2.52. The molecule has 0 amide bonds. The van der Waals surface area contributed by atoms with Crippen molar-refractivity contribution in [3.8, 4) is 0 Å². The average molecular weight is 272 g/mol. The molecule has 1 aromatic rings. The third kappa shape index (κ3) is 2.35. The molecular formula is C13H15Cl2NO. The zero-order chi connectivity index (χ0) is 12.5. The minimum absolute atomic E-state index is 0.107. The molecule has 1 aliphatic carbocycles. The fourth-order valence-corrected chi connectivity index (χ4v) is 2.82. The molecule has 17 heavy (non-hydrogen) atoms. The minimum atomic E-state index is -0.378. The van der Waals surface area contributed by atoms with Crippen molar-refractivity contribution >= 4 is 29.0 Å². The van der Waals surface area contributed by atoms with Crippen LogP contribution < -0.4 is 5.73 Å². The SMILES string of the molecule is NCC1(C(=O)c2ccc(Cl)c(Cl)c2)CCCC1. The van der Waals surface area contributed by atoms with Crippen LogP contribution in [0.4, 0.5) is 0 Å². The van der Waals surface area contributed by atoms with Crippen molar-refractivity contribution < 1.29 is 4.79 Å². The number of carbonyl (C=O) groups excluding carboxylic acids is 1. The maximum absolute atomic E-state index is 12.5. The van der Waals surface area contributed by atoms with Crippen LogP contribution in [-0.4, -0.2) is 12.3 Å². The molecule has 2 N–H and O–H groups in total. The highest BCUT2D eigenvalue weighted by Crippen LogP contribution is 2.40. The second kappa shape index (κ2) is 4.97. The van der Waals surface area contributed by atoms with Crippen molar-refractivity contribution in [2.45, 2.75) is 25.7 Å². The largest absolute Gasteiger partial charge is 0.329 e. The van der Waals surface area contributed by atoms with Crippen LogP contribution in [0.5, 0.6) is 0 Å². The van der Waals surface area contributed by atoms with Crippen molar-refractivity contribution in [3.63, 3.8) is 0 Å². The van der Waals surface area contributed by atoms with Crippen molar-refractivity contribution in [1.29, 1.82) is 0 Å². The van der Waals surface area contributed by atoms with Gasteiger partial charge in [-0.3, -0.25) is 4.79 Å². The van der Waals surface area contributed by atoms with E-state index in [2.05, 4.69) is 0 Å². The molecule has 1 aromatic carbocycles. The van der Waals surface area contributed by atoms with Gasteiger partial charge in [0, 0.05) is 17.5 Å². The van der Waals surface area contributed by atoms with Gasteiger partial charge in [0.2, 0.25) is 0 Å². The molecule has 4 heteroatoms. The van der Waals surface area contributed by atoms with E-state index in [4.69, 9.17) is 28.9 Å². The van der Waals surface area contributed by atoms with Crippen LogP contribution in [-0.2, 0) is 0 Å². The molecule has 0 aliphatic heterocycles. The van der Waals surface area contributed by atoms with E-state index < -0.39 is 0 Å². The summed E-state index contributed by atoms with van der Waals surface area (Å²) in [5.74, 6) is 0.107. The third-order valence-electron chi connectivity index (χ3n) is 3.61. The third-order valence-corrected chi connectivity index (χ3v) is 4.35. The van der Waals surface area contributed by atoms with Crippen LogP contribution in [0, 0.1) is 5.41 Å². The summed E-state index contributed by atoms with van der Waals surface area (Å²) in [5.41, 5.74) is 6.03. The summed E-state index contributed by atoms with van der Waals surface area (Å²) < 4.78 is 0. The molecule has 1 saturated carbocycles. The van der Waals surface area contributed by atoms with E-state index in [-0.39, 0.29) is 11.2 Å². The minimum Gasteiger partial charge on any atom is -0.329 e. The molecule has 92 valence electrons. The van der Waals surface area contributed by atoms with Gasteiger partial charge in [-0.15, -0.1) is 0 Å². The van der Waals surface area contributed by atoms with Gasteiger partial charge in [-0.05, 0) is 31.0 Å². The molecule has 0 aromatic heterocycles. The Balaban J connectivity index is 2.32. The Labute approximate surface area is 111 Å². The first kappa shape index (κ1) is 12.9. The van der Waals surface area contributed by atoms with Gasteiger partial charge >= 0.3 is 0 Å². The Morgan fingerprint density at radius 1 is 1.24 bits per heavy atom. The van der Waals surface area contributed by atoms with Crippen molar-refractivity contribution in [2.24, 2.45) is 11.1 Å². The Kier molecular flexibility index (Phi) is 3.76. The van der Waals surface area contributed by atoms with E-state index in [0.29, 0.717) is 22.2 Å². The molecule has 0 bridgehead atoms. The predicted octanol–water partition coefficient (Wildman–Crippen LogP) is 3.70. The van der Waals surface area contributed by atoms with Crippen LogP contribution in [0.3, 0.4) is 0 Å². The first-order chi connectivity index (χ1) is 8.09. The van der Waals surface area contributed by atoms with E-state index in [0.717, 1.165) is 25.7 Å². The molecule has 2 rings (SSSR count). The maximum atomic E-state index is 12.5. The fraction of sp³-hybridized carbons (Fsp3) is 0.462. The Morgan fingerprint density at radius 3 is 2.41 bits per heavy atom. The highest BCUT2D eigenvalue weighted by molar-refractivity contribution is 6.42. The number of Topliss-reactive ketones (excluding diaryl/α,β-unsaturated/α-hetero) is 1. The number of hydrogen-bond donors (Lipinski definition) is 1. The number of ketones is 1. The topological polar surface area (TPSA) is 43.1 Å². The lowest BCUT2D eigenvalue weighted by Gasteiger charge is -2.25. The van der Waals surface area contributed by atoms with Gasteiger partial charge in [0.15, 0.2) is 5.78 Å². The molecule has 0 unspecified atom stereocenters. The van der Waals surface area contributed by atoms with Gasteiger partial charge < -0.3 is 5.73 Å². The lowest BCUT2D eigenvalue weighted by molar-refractivity contribution is 0.0810. The zero-order valence-corrected chi connectivity index (χ0v) is 11.0. The highest BCUT2D eigenvalue weighted by Gasteiger charge is 2.40. The van der Waals surface area contributed by atoms with Gasteiger partial charge in [0.05, 0.1) is 10.0 Å². The molecule has 0 spiro atoms. The Bertz CT molecular complexity index is 439. The second-order valence-corrected chi connectivity index (χ2v) is 5.46. The summed E-state index contributed by atoms with van der Waals surface area (Å²) in [7, 11) is 0. The summed E-state index contributed by atoms with van der Waals surface area (Å²) in [6.45, 7) is 0.409. The standard InChI is InChI=1S/C13H15Cl2NO/c14-10-4-3-9(7-11(10)15)12(17)13(8-16)5-1-2-6-13/h3-4,7H,1-2,5-6,8,16H2. The number of halogens is 2. The van der Waals surface area contributed by atoms with Crippen molar-refractivity contribution in [2.75, 3.05) is 6.54 Å². The maximum Gasteiger partial charge on any atom is 0.170 e. The van der Waals surface area contributed by atoms with Crippen LogP contribution in [0.1, 0.15) is 36.0 Å². The monoisotopic (exact) mass is 271 g/mol. The first-order valence-electron chi connectivity index (χ1n) is 5.79. The van der Waals surface area contributed by atoms with Crippen molar-refractivity contribution in [3.05, 3.63) is 33.8 Å². The normalized spacial score (nSPS) is 18.3. The Hall–Kier alpha value is -0.570. The van der Waals surface area contributed by atoms with E-state index in [1.165, 1.54) is 0 Å². The van der Waals surface area contributed by atoms with Gasteiger partial charge in [-0.25, -0.2) is 0 Å². The number of rotatable bonds is 3. The second-order valence-electron chi connectivity index (χ2n) is 4.65. The molecule has 0 heterocycles. The molecule has 0 saturated heterocycles. The van der Waals surface area contributed by atoms with E-state index in [1.54, 1.807) is 18.2 Å². The molecule has 1 aliphatic rings. The molecule has 1 fully saturated rings. The van der Waals surface area contributed by atoms with Crippen LogP contribution in [0.25, 0.3) is 0 Å². The number of carbonyl (C=O) groups is 1. The summed E-state index contributed by atoms with van der Waals surface area (Å²) in [5, 5.41) is 0.888. The van der Waals surface area contributed by atoms with Crippen LogP contribution in [0.15, 0.2) is 18.2 Å². The smallest absolute Gasteiger partial charge is 0.170 e. The molecule has 0 atom stereocenters. The van der Waals surface area contributed by atoms with Crippen LogP contribution in [0.2, 0.25) is 10.0 Å². The van der Waals surface area contributed by atoms with E-state index >= 15 is 0 Å².